The topological polar surface area (TPSA) is 43.5 Å². The van der Waals surface area contributed by atoms with Gasteiger partial charge in [-0.05, 0) is 93.2 Å². The number of ether oxygens (including phenoxy) is 1. The van der Waals surface area contributed by atoms with Gasteiger partial charge in [0.05, 0.1) is 6.61 Å². The number of aromatic amines is 1. The van der Waals surface area contributed by atoms with Crippen LogP contribution in [0, 0.1) is 6.92 Å². The first-order valence-corrected chi connectivity index (χ1v) is 13.1. The van der Waals surface area contributed by atoms with Gasteiger partial charge in [-0.3, -0.25) is 4.72 Å². The van der Waals surface area contributed by atoms with Crippen molar-refractivity contribution in [1.82, 2.24) is 19.5 Å². The minimum Gasteiger partial charge on any atom is -0.494 e. The number of hydrogen-bond donors (Lipinski definition) is 2. The second-order valence-electron chi connectivity index (χ2n) is 8.84. The Morgan fingerprint density at radius 1 is 1.06 bits per heavy atom. The first kappa shape index (κ1) is 24.4. The van der Waals surface area contributed by atoms with E-state index in [1.807, 2.05) is 6.07 Å². The van der Waals surface area contributed by atoms with Gasteiger partial charge in [-0.2, -0.15) is 0 Å². The predicted molar refractivity (Wildman–Crippen MR) is 141 cm³/mol. The molecule has 1 saturated heterocycles. The van der Waals surface area contributed by atoms with Crippen LogP contribution in [-0.4, -0.2) is 67.7 Å². The zero-order valence-electron chi connectivity index (χ0n) is 19.7. The van der Waals surface area contributed by atoms with Crippen LogP contribution in [-0.2, 0) is 6.42 Å². The average Bonchev–Trinajstić information content (AvgIpc) is 3.13. The van der Waals surface area contributed by atoms with Crippen molar-refractivity contribution in [1.29, 1.82) is 0 Å². The summed E-state index contributed by atoms with van der Waals surface area (Å²) in [6, 6.07) is 14.4. The molecule has 2 aromatic carbocycles. The summed E-state index contributed by atoms with van der Waals surface area (Å²) in [5.74, 6) is 0.950. The highest BCUT2D eigenvalue weighted by Gasteiger charge is 2.13. The molecule has 2 N–H and O–H groups in total. The van der Waals surface area contributed by atoms with E-state index in [1.54, 1.807) is 11.9 Å². The fraction of sp³-hybridized carbons (Fsp3) is 0.462. The van der Waals surface area contributed by atoms with Crippen molar-refractivity contribution >= 4 is 34.5 Å². The number of H-pyrrole nitrogens is 1. The van der Waals surface area contributed by atoms with Gasteiger partial charge >= 0.3 is 0 Å². The minimum absolute atomic E-state index is 0.773. The molecule has 0 saturated carbocycles. The van der Waals surface area contributed by atoms with E-state index >= 15 is 0 Å². The first-order valence-electron chi connectivity index (χ1n) is 11.9. The number of aromatic nitrogens is 1. The van der Waals surface area contributed by atoms with Crippen molar-refractivity contribution in [2.75, 3.05) is 52.9 Å². The summed E-state index contributed by atoms with van der Waals surface area (Å²) in [6.07, 6.45) is 3.17. The van der Waals surface area contributed by atoms with Crippen molar-refractivity contribution < 1.29 is 4.74 Å². The Bertz CT molecular complexity index is 1020. The number of halogens is 1. The smallest absolute Gasteiger partial charge is 0.119 e. The highest BCUT2D eigenvalue weighted by atomic mass is 35.5. The Morgan fingerprint density at radius 3 is 2.64 bits per heavy atom. The van der Waals surface area contributed by atoms with E-state index in [0.29, 0.717) is 0 Å². The molecule has 7 heteroatoms. The van der Waals surface area contributed by atoms with E-state index in [-0.39, 0.29) is 0 Å². The molecule has 2 heterocycles. The molecule has 0 bridgehead atoms. The molecule has 33 heavy (non-hydrogen) atoms. The van der Waals surface area contributed by atoms with Crippen LogP contribution < -0.4 is 9.46 Å². The van der Waals surface area contributed by atoms with Gasteiger partial charge in [0.1, 0.15) is 5.75 Å². The van der Waals surface area contributed by atoms with Crippen LogP contribution in [0.25, 0.3) is 10.9 Å². The summed E-state index contributed by atoms with van der Waals surface area (Å²) in [7, 11) is 2.20. The lowest BCUT2D eigenvalue weighted by molar-refractivity contribution is 0.145. The quantitative estimate of drug-likeness (QED) is 0.281. The molecule has 0 spiro atoms. The average molecular weight is 487 g/mol. The molecule has 5 nitrogen and oxygen atoms in total. The number of nitrogens with zero attached hydrogens (tertiary/aromatic N) is 2. The number of fused-ring (bicyclic) bond motifs is 1. The number of piperazine rings is 1. The zero-order valence-corrected chi connectivity index (χ0v) is 21.3. The highest BCUT2D eigenvalue weighted by molar-refractivity contribution is 7.97. The fourth-order valence-corrected chi connectivity index (χ4v) is 5.16. The molecule has 3 aromatic rings. The number of rotatable bonds is 11. The Morgan fingerprint density at radius 2 is 1.85 bits per heavy atom. The summed E-state index contributed by atoms with van der Waals surface area (Å²) in [6.45, 7) is 9.67. The fourth-order valence-electron chi connectivity index (χ4n) is 4.30. The van der Waals surface area contributed by atoms with Crippen LogP contribution in [0.4, 0.5) is 0 Å². The van der Waals surface area contributed by atoms with Crippen molar-refractivity contribution in [3.63, 3.8) is 0 Å². The molecule has 1 aromatic heterocycles. The van der Waals surface area contributed by atoms with Crippen molar-refractivity contribution in [2.24, 2.45) is 0 Å². The summed E-state index contributed by atoms with van der Waals surface area (Å²) in [5.41, 5.74) is 3.77. The maximum atomic E-state index is 6.19. The standard InChI is InChI=1S/C26H35ClN4OS/c1-20-24(25-19-21(27)6-11-26(25)29-20)5-3-12-28-33-23-9-7-22(8-10-23)32-18-4-13-31-16-14-30(2)15-17-31/h6-11,19,28-29H,3-5,12-18H2,1-2H3. The van der Waals surface area contributed by atoms with Crippen LogP contribution in [0.2, 0.25) is 5.02 Å². The molecule has 1 fully saturated rings. The summed E-state index contributed by atoms with van der Waals surface area (Å²) in [5, 5.41) is 2.03. The third-order valence-electron chi connectivity index (χ3n) is 6.28. The summed E-state index contributed by atoms with van der Waals surface area (Å²) < 4.78 is 9.42. The van der Waals surface area contributed by atoms with Gasteiger partial charge in [-0.15, -0.1) is 0 Å². The Hall–Kier alpha value is -1.70. The van der Waals surface area contributed by atoms with Gasteiger partial charge in [0, 0.05) is 65.8 Å². The van der Waals surface area contributed by atoms with E-state index in [9.17, 15) is 0 Å². The maximum absolute atomic E-state index is 6.19. The number of likely N-dealkylation sites (N-methyl/N-ethyl adjacent to an activating group) is 1. The number of nitrogens with one attached hydrogen (secondary N) is 2. The third kappa shape index (κ3) is 7.14. The molecule has 1 aliphatic heterocycles. The molecule has 1 aliphatic rings. The van der Waals surface area contributed by atoms with Crippen LogP contribution in [0.5, 0.6) is 5.75 Å². The van der Waals surface area contributed by atoms with Crippen LogP contribution >= 0.6 is 23.5 Å². The van der Waals surface area contributed by atoms with Gasteiger partial charge in [-0.1, -0.05) is 11.6 Å². The molecular formula is C26H35ClN4OS. The minimum atomic E-state index is 0.773. The Kier molecular flexibility index (Phi) is 8.98. The first-order chi connectivity index (χ1) is 16.1. The van der Waals surface area contributed by atoms with E-state index in [2.05, 4.69) is 69.9 Å². The Labute approximate surface area is 206 Å². The maximum Gasteiger partial charge on any atom is 0.119 e. The molecule has 0 radical (unpaired) electrons. The molecule has 0 amide bonds. The summed E-state index contributed by atoms with van der Waals surface area (Å²) >= 11 is 7.87. The Balaban J connectivity index is 1.12. The lowest BCUT2D eigenvalue weighted by Crippen LogP contribution is -2.44. The molecule has 178 valence electrons. The normalized spacial score (nSPS) is 15.4. The number of hydrogen-bond acceptors (Lipinski definition) is 5. The predicted octanol–water partition coefficient (Wildman–Crippen LogP) is 5.38. The monoisotopic (exact) mass is 486 g/mol. The van der Waals surface area contributed by atoms with Gasteiger partial charge in [-0.25, -0.2) is 0 Å². The van der Waals surface area contributed by atoms with Crippen LogP contribution in [0.3, 0.4) is 0 Å². The van der Waals surface area contributed by atoms with E-state index < -0.39 is 0 Å². The molecule has 0 atom stereocenters. The third-order valence-corrected chi connectivity index (χ3v) is 7.38. The van der Waals surface area contributed by atoms with Gasteiger partial charge in [0.15, 0.2) is 0 Å². The van der Waals surface area contributed by atoms with Gasteiger partial charge in [0.25, 0.3) is 0 Å². The van der Waals surface area contributed by atoms with E-state index in [4.69, 9.17) is 16.3 Å². The summed E-state index contributed by atoms with van der Waals surface area (Å²) in [4.78, 5) is 9.59. The highest BCUT2D eigenvalue weighted by Crippen LogP contribution is 2.26. The van der Waals surface area contributed by atoms with E-state index in [1.165, 1.54) is 47.7 Å². The van der Waals surface area contributed by atoms with E-state index in [0.717, 1.165) is 55.2 Å². The second-order valence-corrected chi connectivity index (χ2v) is 10.2. The molecule has 4 rings (SSSR count). The number of benzene rings is 2. The van der Waals surface area contributed by atoms with Crippen LogP contribution in [0.1, 0.15) is 24.1 Å². The molecule has 0 aliphatic carbocycles. The SMILES string of the molecule is Cc1[nH]c2ccc(Cl)cc2c1CCCNSc1ccc(OCCCN2CCN(C)CC2)cc1. The van der Waals surface area contributed by atoms with Crippen LogP contribution in [0.15, 0.2) is 47.4 Å². The second kappa shape index (κ2) is 12.1. The lowest BCUT2D eigenvalue weighted by atomic mass is 10.1. The molecule has 0 unspecified atom stereocenters. The van der Waals surface area contributed by atoms with Crippen molar-refractivity contribution in [2.45, 2.75) is 31.1 Å². The lowest BCUT2D eigenvalue weighted by Gasteiger charge is -2.32. The largest absolute Gasteiger partial charge is 0.494 e. The van der Waals surface area contributed by atoms with Crippen molar-refractivity contribution in [3.05, 3.63) is 58.7 Å². The number of aryl methyl sites for hydroxylation is 2. The van der Waals surface area contributed by atoms with Crippen molar-refractivity contribution in [3.8, 4) is 5.75 Å². The zero-order chi connectivity index (χ0) is 23.0. The van der Waals surface area contributed by atoms with Gasteiger partial charge in [0.2, 0.25) is 0 Å². The molecular weight excluding hydrogens is 452 g/mol. The van der Waals surface area contributed by atoms with Gasteiger partial charge < -0.3 is 19.5 Å².